The van der Waals surface area contributed by atoms with E-state index in [9.17, 15) is 13.2 Å². The van der Waals surface area contributed by atoms with Crippen molar-refractivity contribution < 1.29 is 27.4 Å². The van der Waals surface area contributed by atoms with Crippen LogP contribution in [-0.2, 0) is 29.7 Å². The summed E-state index contributed by atoms with van der Waals surface area (Å²) in [6.07, 6.45) is 1.28. The lowest BCUT2D eigenvalue weighted by atomic mass is 9.73. The summed E-state index contributed by atoms with van der Waals surface area (Å²) in [7, 11) is -3.53. The predicted octanol–water partition coefficient (Wildman–Crippen LogP) is 1.95. The molecule has 2 saturated heterocycles. The van der Waals surface area contributed by atoms with Crippen molar-refractivity contribution >= 4 is 15.9 Å². The number of rotatable bonds is 8. The van der Waals surface area contributed by atoms with E-state index in [4.69, 9.17) is 14.2 Å². The third-order valence-corrected chi connectivity index (χ3v) is 8.11. The first-order chi connectivity index (χ1) is 16.0. The quantitative estimate of drug-likeness (QED) is 0.588. The number of sulfonamides is 1. The van der Waals surface area contributed by atoms with Gasteiger partial charge in [0, 0.05) is 26.3 Å². The number of carbonyl (C=O) groups excluding carboxylic acids is 1. The van der Waals surface area contributed by atoms with E-state index < -0.39 is 15.4 Å². The van der Waals surface area contributed by atoms with Gasteiger partial charge in [-0.2, -0.15) is 4.31 Å². The molecule has 33 heavy (non-hydrogen) atoms. The fourth-order valence-electron chi connectivity index (χ4n) is 4.27. The Morgan fingerprint density at radius 1 is 0.939 bits per heavy atom. The number of hydrogen-bond acceptors (Lipinski definition) is 6. The number of morpholine rings is 1. The van der Waals surface area contributed by atoms with Gasteiger partial charge in [0.05, 0.1) is 30.1 Å². The summed E-state index contributed by atoms with van der Waals surface area (Å²) in [6, 6.07) is 16.2. The van der Waals surface area contributed by atoms with Gasteiger partial charge in [0.25, 0.3) is 0 Å². The smallest absolute Gasteiger partial charge is 0.243 e. The summed E-state index contributed by atoms with van der Waals surface area (Å²) < 4.78 is 43.3. The van der Waals surface area contributed by atoms with Crippen LogP contribution in [0.1, 0.15) is 18.4 Å². The molecule has 1 amide bonds. The predicted molar refractivity (Wildman–Crippen MR) is 123 cm³/mol. The van der Waals surface area contributed by atoms with E-state index in [0.717, 1.165) is 5.56 Å². The van der Waals surface area contributed by atoms with E-state index in [1.54, 1.807) is 24.3 Å². The van der Waals surface area contributed by atoms with Crippen LogP contribution in [-0.4, -0.2) is 71.3 Å². The molecule has 2 heterocycles. The molecule has 2 aromatic rings. The van der Waals surface area contributed by atoms with Crippen molar-refractivity contribution in [3.63, 3.8) is 0 Å². The van der Waals surface area contributed by atoms with E-state index in [1.165, 1.54) is 4.31 Å². The van der Waals surface area contributed by atoms with E-state index in [0.29, 0.717) is 64.7 Å². The average molecular weight is 475 g/mol. The molecule has 1 N–H and O–H groups in total. The first kappa shape index (κ1) is 23.7. The number of nitrogens with zero attached hydrogens (tertiary/aromatic N) is 1. The zero-order valence-corrected chi connectivity index (χ0v) is 19.4. The van der Waals surface area contributed by atoms with E-state index in [-0.39, 0.29) is 17.4 Å². The van der Waals surface area contributed by atoms with Crippen LogP contribution in [0.3, 0.4) is 0 Å². The molecule has 0 aliphatic carbocycles. The van der Waals surface area contributed by atoms with E-state index in [1.807, 2.05) is 30.3 Å². The maximum absolute atomic E-state index is 13.1. The SMILES string of the molecule is O=C(NCCOc1ccc(S(=O)(=O)N2CCOCC2)cc1)C1(c2ccccc2)CCOCC1. The molecule has 0 aromatic heterocycles. The van der Waals surface area contributed by atoms with Crippen LogP contribution in [0.25, 0.3) is 0 Å². The summed E-state index contributed by atoms with van der Waals surface area (Å²) >= 11 is 0. The molecule has 2 aromatic carbocycles. The van der Waals surface area contributed by atoms with Gasteiger partial charge in [-0.3, -0.25) is 4.79 Å². The lowest BCUT2D eigenvalue weighted by molar-refractivity contribution is -0.130. The Bertz CT molecular complexity index is 1010. The van der Waals surface area contributed by atoms with Crippen molar-refractivity contribution in [2.45, 2.75) is 23.2 Å². The number of amides is 1. The minimum absolute atomic E-state index is 0.0208. The summed E-state index contributed by atoms with van der Waals surface area (Å²) in [4.78, 5) is 13.4. The largest absolute Gasteiger partial charge is 0.492 e. The molecular formula is C24H30N2O6S. The van der Waals surface area contributed by atoms with Crippen LogP contribution in [0, 0.1) is 0 Å². The molecule has 178 valence electrons. The second-order valence-electron chi connectivity index (χ2n) is 8.15. The van der Waals surface area contributed by atoms with Crippen molar-refractivity contribution in [1.82, 2.24) is 9.62 Å². The minimum atomic E-state index is -3.53. The first-order valence-electron chi connectivity index (χ1n) is 11.2. The Morgan fingerprint density at radius 2 is 1.58 bits per heavy atom. The molecule has 4 rings (SSSR count). The zero-order valence-electron chi connectivity index (χ0n) is 18.6. The maximum Gasteiger partial charge on any atom is 0.243 e. The van der Waals surface area contributed by atoms with Gasteiger partial charge in [-0.25, -0.2) is 8.42 Å². The Balaban J connectivity index is 1.31. The molecule has 0 bridgehead atoms. The highest BCUT2D eigenvalue weighted by atomic mass is 32.2. The Hall–Kier alpha value is -2.46. The van der Waals surface area contributed by atoms with Crippen LogP contribution in [0.5, 0.6) is 5.75 Å². The van der Waals surface area contributed by atoms with Crippen molar-refractivity contribution in [2.24, 2.45) is 0 Å². The van der Waals surface area contributed by atoms with Crippen molar-refractivity contribution in [2.75, 3.05) is 52.7 Å². The summed E-state index contributed by atoms with van der Waals surface area (Å²) in [5, 5.41) is 3.01. The topological polar surface area (TPSA) is 94.2 Å². The molecule has 0 spiro atoms. The molecular weight excluding hydrogens is 444 g/mol. The molecule has 2 aliphatic rings. The Morgan fingerprint density at radius 3 is 2.24 bits per heavy atom. The molecule has 9 heteroatoms. The number of nitrogens with one attached hydrogen (secondary N) is 1. The van der Waals surface area contributed by atoms with Crippen LogP contribution < -0.4 is 10.1 Å². The Labute approximate surface area is 194 Å². The number of benzene rings is 2. The van der Waals surface area contributed by atoms with Gasteiger partial charge in [0.15, 0.2) is 0 Å². The molecule has 2 fully saturated rings. The summed E-state index contributed by atoms with van der Waals surface area (Å²) in [5.74, 6) is 0.529. The van der Waals surface area contributed by atoms with Crippen LogP contribution in [0.4, 0.5) is 0 Å². The standard InChI is InChI=1S/C24H30N2O6S/c27-23(24(10-15-30-16-11-24)20-4-2-1-3-5-20)25-12-17-32-21-6-8-22(9-7-21)33(28,29)26-13-18-31-19-14-26/h1-9H,10-19H2,(H,25,27). The monoisotopic (exact) mass is 474 g/mol. The van der Waals surface area contributed by atoms with Gasteiger partial charge in [-0.05, 0) is 42.7 Å². The van der Waals surface area contributed by atoms with Gasteiger partial charge < -0.3 is 19.5 Å². The highest BCUT2D eigenvalue weighted by Crippen LogP contribution is 2.35. The van der Waals surface area contributed by atoms with Crippen molar-refractivity contribution in [3.8, 4) is 5.75 Å². The third-order valence-electron chi connectivity index (χ3n) is 6.20. The zero-order chi connectivity index (χ0) is 23.2. The number of ether oxygens (including phenoxy) is 3. The lowest BCUT2D eigenvalue weighted by Crippen LogP contribution is -2.48. The first-order valence-corrected chi connectivity index (χ1v) is 12.7. The average Bonchev–Trinajstić information content (AvgIpc) is 2.88. The summed E-state index contributed by atoms with van der Waals surface area (Å²) in [6.45, 7) is 3.27. The highest BCUT2D eigenvalue weighted by Gasteiger charge is 2.41. The van der Waals surface area contributed by atoms with Crippen LogP contribution in [0.2, 0.25) is 0 Å². The second-order valence-corrected chi connectivity index (χ2v) is 10.1. The van der Waals surface area contributed by atoms with Crippen molar-refractivity contribution in [3.05, 3.63) is 60.2 Å². The van der Waals surface area contributed by atoms with E-state index in [2.05, 4.69) is 5.32 Å². The van der Waals surface area contributed by atoms with Gasteiger partial charge in [0.1, 0.15) is 12.4 Å². The number of hydrogen-bond donors (Lipinski definition) is 1. The fourth-order valence-corrected chi connectivity index (χ4v) is 5.68. The van der Waals surface area contributed by atoms with Gasteiger partial charge in [0.2, 0.25) is 15.9 Å². The normalized spacial score (nSPS) is 19.0. The Kier molecular flexibility index (Phi) is 7.64. The van der Waals surface area contributed by atoms with Gasteiger partial charge in [-0.1, -0.05) is 30.3 Å². The van der Waals surface area contributed by atoms with Gasteiger partial charge >= 0.3 is 0 Å². The van der Waals surface area contributed by atoms with Gasteiger partial charge in [-0.15, -0.1) is 0 Å². The molecule has 0 unspecified atom stereocenters. The second kappa shape index (κ2) is 10.6. The lowest BCUT2D eigenvalue weighted by Gasteiger charge is -2.36. The molecule has 0 atom stereocenters. The fraction of sp³-hybridized carbons (Fsp3) is 0.458. The van der Waals surface area contributed by atoms with Crippen LogP contribution >= 0.6 is 0 Å². The van der Waals surface area contributed by atoms with Crippen LogP contribution in [0.15, 0.2) is 59.5 Å². The highest BCUT2D eigenvalue weighted by molar-refractivity contribution is 7.89. The maximum atomic E-state index is 13.1. The minimum Gasteiger partial charge on any atom is -0.492 e. The molecule has 0 saturated carbocycles. The third kappa shape index (κ3) is 5.38. The summed E-state index contributed by atoms with van der Waals surface area (Å²) in [5.41, 5.74) is 0.415. The van der Waals surface area contributed by atoms with Crippen molar-refractivity contribution in [1.29, 1.82) is 0 Å². The molecule has 8 nitrogen and oxygen atoms in total. The number of carbonyl (C=O) groups is 1. The molecule has 0 radical (unpaired) electrons. The molecule has 2 aliphatic heterocycles. The van der Waals surface area contributed by atoms with E-state index >= 15 is 0 Å².